The summed E-state index contributed by atoms with van der Waals surface area (Å²) in [5.74, 6) is 1.62. The summed E-state index contributed by atoms with van der Waals surface area (Å²) in [7, 11) is 3.98. The number of ether oxygens (including phenoxy) is 1. The molecule has 2 nitrogen and oxygen atoms in total. The number of benzene rings is 2. The van der Waals surface area contributed by atoms with Gasteiger partial charge in [0.25, 0.3) is 0 Å². The topological polar surface area (TPSA) is 12.5 Å². The molecular weight excluding hydrogens is 330 g/mol. The number of rotatable bonds is 10. The number of likely N-dealkylation sites (N-methyl/N-ethyl adjacent to an activating group) is 1. The van der Waals surface area contributed by atoms with Gasteiger partial charge in [0.1, 0.15) is 5.75 Å². The zero-order valence-electron chi connectivity index (χ0n) is 18.1. The molecule has 0 spiro atoms. The van der Waals surface area contributed by atoms with Gasteiger partial charge in [-0.1, -0.05) is 63.2 Å². The van der Waals surface area contributed by atoms with Crippen molar-refractivity contribution in [3.05, 3.63) is 65.2 Å². The second-order valence-corrected chi connectivity index (χ2v) is 8.40. The van der Waals surface area contributed by atoms with Gasteiger partial charge in [-0.25, -0.2) is 0 Å². The van der Waals surface area contributed by atoms with Gasteiger partial charge in [-0.3, -0.25) is 0 Å². The zero-order chi connectivity index (χ0) is 19.9. The van der Waals surface area contributed by atoms with Gasteiger partial charge >= 0.3 is 0 Å². The minimum absolute atomic E-state index is 0.242. The number of aryl methyl sites for hydroxylation is 1. The van der Waals surface area contributed by atoms with Crippen LogP contribution in [0.5, 0.6) is 5.75 Å². The molecule has 2 aromatic rings. The maximum absolute atomic E-state index is 5.45. The fraction of sp³-hybridized carbons (Fsp3) is 0.520. The van der Waals surface area contributed by atoms with Crippen LogP contribution in [-0.4, -0.2) is 32.1 Å². The van der Waals surface area contributed by atoms with E-state index in [2.05, 4.69) is 88.2 Å². The number of hydrogen-bond acceptors (Lipinski definition) is 2. The third-order valence-corrected chi connectivity index (χ3v) is 6.20. The molecule has 0 aliphatic rings. The van der Waals surface area contributed by atoms with E-state index >= 15 is 0 Å². The smallest absolute Gasteiger partial charge is 0.122 e. The van der Waals surface area contributed by atoms with Crippen LogP contribution < -0.4 is 4.74 Å². The Labute approximate surface area is 166 Å². The molecule has 0 fully saturated rings. The highest BCUT2D eigenvalue weighted by atomic mass is 16.5. The highest BCUT2D eigenvalue weighted by Crippen LogP contribution is 2.36. The molecule has 0 saturated carbocycles. The summed E-state index contributed by atoms with van der Waals surface area (Å²) in [4.78, 5) is 2.46. The summed E-state index contributed by atoms with van der Waals surface area (Å²) in [6.45, 7) is 11.4. The van der Waals surface area contributed by atoms with Crippen LogP contribution >= 0.6 is 0 Å². The van der Waals surface area contributed by atoms with E-state index in [0.29, 0.717) is 5.92 Å². The van der Waals surface area contributed by atoms with Crippen LogP contribution in [0.3, 0.4) is 0 Å². The summed E-state index contributed by atoms with van der Waals surface area (Å²) >= 11 is 0. The molecule has 0 saturated heterocycles. The lowest BCUT2D eigenvalue weighted by Crippen LogP contribution is -2.31. The van der Waals surface area contributed by atoms with Crippen molar-refractivity contribution in [1.82, 2.24) is 4.90 Å². The Balaban J connectivity index is 1.85. The van der Waals surface area contributed by atoms with E-state index in [0.717, 1.165) is 25.3 Å². The molecule has 0 aromatic heterocycles. The molecule has 0 N–H and O–H groups in total. The average Bonchev–Trinajstić information content (AvgIpc) is 2.67. The number of hydrogen-bond donors (Lipinski definition) is 0. The summed E-state index contributed by atoms with van der Waals surface area (Å²) < 4.78 is 5.45. The molecule has 148 valence electrons. The fourth-order valence-electron chi connectivity index (χ4n) is 3.75. The Bertz CT molecular complexity index is 695. The van der Waals surface area contributed by atoms with Crippen molar-refractivity contribution in [3.63, 3.8) is 0 Å². The van der Waals surface area contributed by atoms with Crippen molar-refractivity contribution < 1.29 is 4.74 Å². The second-order valence-electron chi connectivity index (χ2n) is 8.40. The van der Waals surface area contributed by atoms with Crippen molar-refractivity contribution in [2.24, 2.45) is 5.92 Å². The Morgan fingerprint density at radius 1 is 1.04 bits per heavy atom. The highest BCUT2D eigenvalue weighted by Gasteiger charge is 2.29. The third-order valence-electron chi connectivity index (χ3n) is 6.20. The van der Waals surface area contributed by atoms with E-state index in [-0.39, 0.29) is 5.41 Å². The van der Waals surface area contributed by atoms with Gasteiger partial charge in [-0.15, -0.1) is 0 Å². The highest BCUT2D eigenvalue weighted by molar-refractivity contribution is 5.36. The van der Waals surface area contributed by atoms with E-state index in [1.165, 1.54) is 29.5 Å². The van der Waals surface area contributed by atoms with Crippen LogP contribution in [0.2, 0.25) is 0 Å². The molecule has 0 aliphatic carbocycles. The van der Waals surface area contributed by atoms with Gasteiger partial charge < -0.3 is 9.64 Å². The molecule has 2 aromatic carbocycles. The van der Waals surface area contributed by atoms with Crippen LogP contribution in [0.25, 0.3) is 0 Å². The minimum atomic E-state index is 0.242. The molecule has 27 heavy (non-hydrogen) atoms. The van der Waals surface area contributed by atoms with E-state index in [9.17, 15) is 0 Å². The lowest BCUT2D eigenvalue weighted by Gasteiger charge is -2.35. The standard InChI is InChI=1S/C25H37NO/c1-20(2)25(4,23-11-8-7-9-12-23)16-10-17-26(5)18-15-22-14-13-21(3)24(19-22)27-6/h7-9,11-14,19-20H,10,15-18H2,1-6H3. The molecule has 0 heterocycles. The van der Waals surface area contributed by atoms with Crippen molar-refractivity contribution in [1.29, 1.82) is 0 Å². The van der Waals surface area contributed by atoms with Crippen LogP contribution in [0, 0.1) is 12.8 Å². The Kier molecular flexibility index (Phi) is 7.91. The van der Waals surface area contributed by atoms with E-state index in [1.54, 1.807) is 7.11 Å². The summed E-state index contributed by atoms with van der Waals surface area (Å²) in [5, 5.41) is 0. The van der Waals surface area contributed by atoms with Crippen LogP contribution in [-0.2, 0) is 11.8 Å². The second kappa shape index (κ2) is 9.94. The molecular formula is C25H37NO. The van der Waals surface area contributed by atoms with E-state index in [1.807, 2.05) is 0 Å². The maximum Gasteiger partial charge on any atom is 0.122 e. The monoisotopic (exact) mass is 367 g/mol. The average molecular weight is 368 g/mol. The first-order chi connectivity index (χ1) is 12.9. The fourth-order valence-corrected chi connectivity index (χ4v) is 3.75. The van der Waals surface area contributed by atoms with E-state index < -0.39 is 0 Å². The molecule has 0 bridgehead atoms. The minimum Gasteiger partial charge on any atom is -0.496 e. The van der Waals surface area contributed by atoms with Gasteiger partial charge in [-0.2, -0.15) is 0 Å². The summed E-state index contributed by atoms with van der Waals surface area (Å²) in [6, 6.07) is 17.6. The van der Waals surface area contributed by atoms with Crippen molar-refractivity contribution in [2.75, 3.05) is 27.2 Å². The van der Waals surface area contributed by atoms with Gasteiger partial charge in [0.15, 0.2) is 0 Å². The molecule has 0 radical (unpaired) electrons. The summed E-state index contributed by atoms with van der Waals surface area (Å²) in [6.07, 6.45) is 3.50. The van der Waals surface area contributed by atoms with Crippen molar-refractivity contribution >= 4 is 0 Å². The largest absolute Gasteiger partial charge is 0.496 e. The molecule has 0 aliphatic heterocycles. The maximum atomic E-state index is 5.45. The SMILES string of the molecule is COc1cc(CCN(C)CCCC(C)(c2ccccc2)C(C)C)ccc1C. The number of nitrogens with zero attached hydrogens (tertiary/aromatic N) is 1. The van der Waals surface area contributed by atoms with Gasteiger partial charge in [0.05, 0.1) is 7.11 Å². The molecule has 1 atom stereocenters. The summed E-state index contributed by atoms with van der Waals surface area (Å²) in [5.41, 5.74) is 4.25. The van der Waals surface area contributed by atoms with Crippen molar-refractivity contribution in [2.45, 2.75) is 52.4 Å². The first-order valence-electron chi connectivity index (χ1n) is 10.2. The normalized spacial score (nSPS) is 13.8. The van der Waals surface area contributed by atoms with Gasteiger partial charge in [0, 0.05) is 6.54 Å². The lowest BCUT2D eigenvalue weighted by atomic mass is 9.70. The number of methoxy groups -OCH3 is 1. The Hall–Kier alpha value is -1.80. The van der Waals surface area contributed by atoms with Crippen LogP contribution in [0.4, 0.5) is 0 Å². The Morgan fingerprint density at radius 2 is 1.74 bits per heavy atom. The molecule has 2 heteroatoms. The molecule has 2 rings (SSSR count). The van der Waals surface area contributed by atoms with Crippen molar-refractivity contribution in [3.8, 4) is 5.75 Å². The van der Waals surface area contributed by atoms with Crippen LogP contribution in [0.15, 0.2) is 48.5 Å². The first-order valence-corrected chi connectivity index (χ1v) is 10.2. The lowest BCUT2D eigenvalue weighted by molar-refractivity contribution is 0.268. The predicted octanol–water partition coefficient (Wildman–Crippen LogP) is 5.87. The van der Waals surface area contributed by atoms with Gasteiger partial charge in [-0.05, 0) is 73.9 Å². The third kappa shape index (κ3) is 5.84. The molecule has 0 amide bonds. The quantitative estimate of drug-likeness (QED) is 0.520. The van der Waals surface area contributed by atoms with Crippen LogP contribution in [0.1, 0.15) is 50.3 Å². The Morgan fingerprint density at radius 3 is 2.37 bits per heavy atom. The zero-order valence-corrected chi connectivity index (χ0v) is 18.1. The first kappa shape index (κ1) is 21.5. The molecule has 1 unspecified atom stereocenters. The van der Waals surface area contributed by atoms with Gasteiger partial charge in [0.2, 0.25) is 0 Å². The van der Waals surface area contributed by atoms with E-state index in [4.69, 9.17) is 4.74 Å². The predicted molar refractivity (Wildman–Crippen MR) is 117 cm³/mol.